The van der Waals surface area contributed by atoms with Crippen molar-refractivity contribution in [1.82, 2.24) is 4.98 Å². The maximum atomic E-state index is 11.0. The van der Waals surface area contributed by atoms with Gasteiger partial charge in [-0.05, 0) is 31.2 Å². The van der Waals surface area contributed by atoms with Gasteiger partial charge in [-0.15, -0.1) is 0 Å². The zero-order valence-electron chi connectivity index (χ0n) is 9.02. The minimum absolute atomic E-state index is 0.0764. The fourth-order valence-corrected chi connectivity index (χ4v) is 1.69. The number of nitro groups is 1. The summed E-state index contributed by atoms with van der Waals surface area (Å²) in [6.45, 7) is 1.86. The highest BCUT2D eigenvalue weighted by molar-refractivity contribution is 5.94. The summed E-state index contributed by atoms with van der Waals surface area (Å²) in [5.74, 6) is 0. The first-order valence-corrected chi connectivity index (χ1v) is 4.86. The van der Waals surface area contributed by atoms with Crippen molar-refractivity contribution in [3.63, 3.8) is 0 Å². The topological polar surface area (TPSA) is 68.1 Å². The molecule has 16 heavy (non-hydrogen) atoms. The lowest BCUT2D eigenvalue weighted by Crippen LogP contribution is -1.98. The van der Waals surface area contributed by atoms with Crippen molar-refractivity contribution in [3.05, 3.63) is 40.1 Å². The molecular formula is C11H11N3O2. The summed E-state index contributed by atoms with van der Waals surface area (Å²) in [6.07, 6.45) is 0. The van der Waals surface area contributed by atoms with Crippen molar-refractivity contribution >= 4 is 22.3 Å². The van der Waals surface area contributed by atoms with Gasteiger partial charge in [0, 0.05) is 12.7 Å². The number of benzene rings is 1. The van der Waals surface area contributed by atoms with Crippen LogP contribution in [0.1, 0.15) is 5.69 Å². The van der Waals surface area contributed by atoms with Gasteiger partial charge in [-0.25, -0.2) is 0 Å². The van der Waals surface area contributed by atoms with Gasteiger partial charge in [-0.3, -0.25) is 15.1 Å². The first-order chi connectivity index (χ1) is 7.63. The van der Waals surface area contributed by atoms with Crippen LogP contribution < -0.4 is 5.32 Å². The summed E-state index contributed by atoms with van der Waals surface area (Å²) in [6, 6.07) is 6.96. The van der Waals surface area contributed by atoms with E-state index in [1.807, 2.05) is 6.92 Å². The number of nitrogens with one attached hydrogen (secondary N) is 1. The van der Waals surface area contributed by atoms with Crippen molar-refractivity contribution in [2.75, 3.05) is 12.4 Å². The second-order valence-corrected chi connectivity index (χ2v) is 3.49. The van der Waals surface area contributed by atoms with Gasteiger partial charge in [-0.1, -0.05) is 0 Å². The fraction of sp³-hybridized carbons (Fsp3) is 0.182. The molecular weight excluding hydrogens is 206 g/mol. The van der Waals surface area contributed by atoms with Crippen molar-refractivity contribution in [2.45, 2.75) is 6.92 Å². The summed E-state index contributed by atoms with van der Waals surface area (Å²) in [5, 5.41) is 14.4. The highest BCUT2D eigenvalue weighted by atomic mass is 16.6. The maximum absolute atomic E-state index is 11.0. The molecule has 0 amide bonds. The lowest BCUT2D eigenvalue weighted by molar-refractivity contribution is -0.382. The number of fused-ring (bicyclic) bond motifs is 1. The second-order valence-electron chi connectivity index (χ2n) is 3.49. The molecule has 0 aliphatic heterocycles. The quantitative estimate of drug-likeness (QED) is 0.619. The van der Waals surface area contributed by atoms with E-state index in [9.17, 15) is 10.1 Å². The first-order valence-electron chi connectivity index (χ1n) is 4.86. The molecule has 1 heterocycles. The molecule has 1 aromatic carbocycles. The molecule has 1 N–H and O–H groups in total. The van der Waals surface area contributed by atoms with Crippen molar-refractivity contribution in [3.8, 4) is 0 Å². The van der Waals surface area contributed by atoms with Crippen LogP contribution in [0, 0.1) is 17.0 Å². The Bertz CT molecular complexity index is 566. The average Bonchev–Trinajstić information content (AvgIpc) is 2.26. The molecule has 82 valence electrons. The van der Waals surface area contributed by atoms with Crippen LogP contribution in [-0.4, -0.2) is 17.0 Å². The summed E-state index contributed by atoms with van der Waals surface area (Å²) in [4.78, 5) is 14.9. The number of nitrogens with zero attached hydrogens (tertiary/aromatic N) is 2. The molecule has 0 fully saturated rings. The van der Waals surface area contributed by atoms with E-state index in [-0.39, 0.29) is 10.6 Å². The van der Waals surface area contributed by atoms with E-state index < -0.39 is 0 Å². The van der Waals surface area contributed by atoms with Crippen LogP contribution in [0.5, 0.6) is 0 Å². The SMILES string of the molecule is CNc1ccc2nc(C)ccc2c1[N+](=O)[O-]. The van der Waals surface area contributed by atoms with Crippen LogP contribution in [0.15, 0.2) is 24.3 Å². The predicted molar refractivity (Wildman–Crippen MR) is 62.7 cm³/mol. The predicted octanol–water partition coefficient (Wildman–Crippen LogP) is 2.49. The number of aromatic nitrogens is 1. The van der Waals surface area contributed by atoms with Crippen LogP contribution in [0.2, 0.25) is 0 Å². The van der Waals surface area contributed by atoms with Gasteiger partial charge in [0.25, 0.3) is 0 Å². The molecule has 0 unspecified atom stereocenters. The van der Waals surface area contributed by atoms with E-state index in [1.165, 1.54) is 0 Å². The van der Waals surface area contributed by atoms with Crippen LogP contribution in [0.4, 0.5) is 11.4 Å². The Balaban J connectivity index is 2.84. The van der Waals surface area contributed by atoms with E-state index in [0.717, 1.165) is 5.69 Å². The van der Waals surface area contributed by atoms with Gasteiger partial charge in [0.15, 0.2) is 0 Å². The monoisotopic (exact) mass is 217 g/mol. The van der Waals surface area contributed by atoms with E-state index >= 15 is 0 Å². The second kappa shape index (κ2) is 3.77. The number of rotatable bonds is 2. The molecule has 2 aromatic rings. The van der Waals surface area contributed by atoms with Gasteiger partial charge in [0.1, 0.15) is 5.69 Å². The zero-order valence-corrected chi connectivity index (χ0v) is 9.02. The smallest absolute Gasteiger partial charge is 0.301 e. The summed E-state index contributed by atoms with van der Waals surface area (Å²) >= 11 is 0. The number of pyridine rings is 1. The van der Waals surface area contributed by atoms with E-state index in [1.54, 1.807) is 31.3 Å². The van der Waals surface area contributed by atoms with Crippen LogP contribution in [-0.2, 0) is 0 Å². The molecule has 0 aliphatic carbocycles. The molecule has 1 aromatic heterocycles. The Hall–Kier alpha value is -2.17. The minimum Gasteiger partial charge on any atom is -0.383 e. The van der Waals surface area contributed by atoms with Gasteiger partial charge in [-0.2, -0.15) is 0 Å². The van der Waals surface area contributed by atoms with Crippen molar-refractivity contribution in [1.29, 1.82) is 0 Å². The number of aryl methyl sites for hydroxylation is 1. The molecule has 0 saturated carbocycles. The Morgan fingerprint density at radius 3 is 2.69 bits per heavy atom. The maximum Gasteiger partial charge on any atom is 0.301 e. The zero-order chi connectivity index (χ0) is 11.7. The Labute approximate surface area is 92.3 Å². The Morgan fingerprint density at radius 2 is 2.06 bits per heavy atom. The summed E-state index contributed by atoms with van der Waals surface area (Å²) in [5.41, 5.74) is 2.07. The summed E-state index contributed by atoms with van der Waals surface area (Å²) in [7, 11) is 1.66. The molecule has 2 rings (SSSR count). The van der Waals surface area contributed by atoms with E-state index in [2.05, 4.69) is 10.3 Å². The summed E-state index contributed by atoms with van der Waals surface area (Å²) < 4.78 is 0. The number of nitro benzene ring substituents is 1. The first kappa shape index (κ1) is 10.4. The third-order valence-electron chi connectivity index (χ3n) is 2.43. The molecule has 0 aliphatic rings. The van der Waals surface area contributed by atoms with Gasteiger partial charge in [0.2, 0.25) is 0 Å². The molecule has 0 radical (unpaired) electrons. The molecule has 0 atom stereocenters. The highest BCUT2D eigenvalue weighted by Gasteiger charge is 2.17. The molecule has 0 saturated heterocycles. The van der Waals surface area contributed by atoms with Crippen molar-refractivity contribution in [2.24, 2.45) is 0 Å². The average molecular weight is 217 g/mol. The van der Waals surface area contributed by atoms with Crippen LogP contribution in [0.3, 0.4) is 0 Å². The van der Waals surface area contributed by atoms with Crippen LogP contribution >= 0.6 is 0 Å². The Kier molecular flexibility index (Phi) is 2.44. The minimum atomic E-state index is -0.384. The molecule has 5 heteroatoms. The van der Waals surface area contributed by atoms with Gasteiger partial charge in [0.05, 0.1) is 15.8 Å². The fourth-order valence-electron chi connectivity index (χ4n) is 1.69. The largest absolute Gasteiger partial charge is 0.383 e. The van der Waals surface area contributed by atoms with E-state index in [0.29, 0.717) is 16.6 Å². The van der Waals surface area contributed by atoms with E-state index in [4.69, 9.17) is 0 Å². The number of hydrogen-bond donors (Lipinski definition) is 1. The normalized spacial score (nSPS) is 10.4. The number of hydrogen-bond acceptors (Lipinski definition) is 4. The van der Waals surface area contributed by atoms with Crippen molar-refractivity contribution < 1.29 is 4.92 Å². The Morgan fingerprint density at radius 1 is 1.31 bits per heavy atom. The standard InChI is InChI=1S/C11H11N3O2/c1-7-3-4-8-9(13-7)5-6-10(12-2)11(8)14(15)16/h3-6,12H,1-2H3. The number of anilines is 1. The van der Waals surface area contributed by atoms with Crippen LogP contribution in [0.25, 0.3) is 10.9 Å². The highest BCUT2D eigenvalue weighted by Crippen LogP contribution is 2.32. The molecule has 0 spiro atoms. The lowest BCUT2D eigenvalue weighted by Gasteiger charge is -2.05. The van der Waals surface area contributed by atoms with Gasteiger partial charge >= 0.3 is 5.69 Å². The third kappa shape index (κ3) is 1.56. The third-order valence-corrected chi connectivity index (χ3v) is 2.43. The molecule has 5 nitrogen and oxygen atoms in total. The van der Waals surface area contributed by atoms with Gasteiger partial charge < -0.3 is 5.32 Å². The lowest BCUT2D eigenvalue weighted by atomic mass is 10.1. The molecule has 0 bridgehead atoms.